The molecule has 1 aromatic heterocycles. The number of rotatable bonds is 4. The van der Waals surface area contributed by atoms with Crippen LogP contribution in [0.4, 0.5) is 0 Å². The summed E-state index contributed by atoms with van der Waals surface area (Å²) in [5.74, 6) is 0. The van der Waals surface area contributed by atoms with Gasteiger partial charge in [0.05, 0.1) is 0 Å². The fraction of sp³-hybridized carbons (Fsp3) is 1.00. The Balaban J connectivity index is 2.62. The van der Waals surface area contributed by atoms with Crippen LogP contribution in [0.25, 0.3) is 0 Å². The zero-order valence-electron chi connectivity index (χ0n) is 6.30. The molecule has 0 amide bonds. The largest absolute Gasteiger partial charge is 0.503 e. The Labute approximate surface area is 73.5 Å². The highest BCUT2D eigenvalue weighted by Gasteiger charge is 2.12. The van der Waals surface area contributed by atoms with Crippen molar-refractivity contribution in [3.05, 3.63) is 0 Å². The van der Waals surface area contributed by atoms with Crippen molar-refractivity contribution >= 4 is 44.0 Å². The van der Waals surface area contributed by atoms with Gasteiger partial charge in [0.15, 0.2) is 7.06 Å². The Bertz CT molecular complexity index is 230. The summed E-state index contributed by atoms with van der Waals surface area (Å²) in [4.78, 5) is 9.41. The van der Waals surface area contributed by atoms with Crippen molar-refractivity contribution in [1.82, 2.24) is 0 Å². The Morgan fingerprint density at radius 2 is 2.45 bits per heavy atom. The van der Waals surface area contributed by atoms with Crippen molar-refractivity contribution in [2.24, 2.45) is 0 Å². The fourth-order valence-electron chi connectivity index (χ4n) is 0.561. The van der Waals surface area contributed by atoms with Crippen LogP contribution in [0.5, 0.6) is 0 Å². The summed E-state index contributed by atoms with van der Waals surface area (Å²) in [6.07, 6.45) is 1.04. The molecule has 4 unspecified atom stereocenters. The second-order valence-electron chi connectivity index (χ2n) is 2.05. The molecule has 0 spiro atoms. The van der Waals surface area contributed by atoms with Gasteiger partial charge in [-0.15, -0.1) is 0 Å². The molecule has 1 N–H and O–H groups in total. The Morgan fingerprint density at radius 3 is 2.73 bits per heavy atom. The smallest absolute Gasteiger partial charge is 0.183 e. The lowest BCUT2D eigenvalue weighted by molar-refractivity contribution is 0.503. The molecule has 1 heterocycles. The minimum atomic E-state index is -2.70. The molecule has 11 heavy (non-hydrogen) atoms. The fourth-order valence-corrected chi connectivity index (χ4v) is 48.5. The Morgan fingerprint density at radius 1 is 1.91 bits per heavy atom. The molecule has 2 nitrogen and oxygen atoms in total. The molecule has 0 bridgehead atoms. The lowest BCUT2D eigenvalue weighted by atomic mass is 11.0. The van der Waals surface area contributed by atoms with E-state index in [1.54, 1.807) is 6.66 Å². The molecule has 0 saturated carbocycles. The maximum Gasteiger partial charge on any atom is 0.183 e. The van der Waals surface area contributed by atoms with Gasteiger partial charge in [-0.05, 0) is 0 Å². The molecule has 8 heteroatoms. The van der Waals surface area contributed by atoms with Crippen LogP contribution in [-0.2, 0) is 4.57 Å². The van der Waals surface area contributed by atoms with Crippen molar-refractivity contribution in [3.63, 3.8) is 0 Å². The van der Waals surface area contributed by atoms with E-state index >= 15 is 0 Å². The predicted octanol–water partition coefficient (Wildman–Crippen LogP) is 4.94. The second kappa shape index (κ2) is 4.45. The molecule has 1 rings (SSSR count). The molecular weight excluding hydrogens is 254 g/mol. The van der Waals surface area contributed by atoms with Gasteiger partial charge in [0.2, 0.25) is 0 Å². The van der Waals surface area contributed by atoms with E-state index < -0.39 is 14.0 Å². The van der Waals surface area contributed by atoms with E-state index in [1.807, 2.05) is 0 Å². The Kier molecular flexibility index (Phi) is 4.46. The van der Waals surface area contributed by atoms with Crippen molar-refractivity contribution in [3.8, 4) is 0 Å². The summed E-state index contributed by atoms with van der Waals surface area (Å²) in [6.45, 7) is 3.16. The molecule has 0 fully saturated rings. The topological polar surface area (TPSA) is 37.3 Å². The van der Waals surface area contributed by atoms with Crippen LogP contribution in [-0.4, -0.2) is 17.7 Å². The lowest BCUT2D eigenvalue weighted by Crippen LogP contribution is -1.65. The maximum absolute atomic E-state index is 11.4. The van der Waals surface area contributed by atoms with E-state index in [2.05, 4.69) is 6.92 Å². The summed E-state index contributed by atoms with van der Waals surface area (Å²) >= 11 is 0. The van der Waals surface area contributed by atoms with Crippen LogP contribution < -0.4 is 0 Å². The molecule has 0 aliphatic carbocycles. The van der Waals surface area contributed by atoms with Crippen LogP contribution >= 0.6 is 44.0 Å². The van der Waals surface area contributed by atoms with E-state index in [0.717, 1.165) is 13.7 Å². The summed E-state index contributed by atoms with van der Waals surface area (Å²) < 4.78 is 11.4. The molecule has 66 valence electrons. The monoisotopic (exact) mass is 264 g/mol. The second-order valence-corrected chi connectivity index (χ2v) is 27.4. The summed E-state index contributed by atoms with van der Waals surface area (Å²) in [5, 5.41) is 0. The van der Waals surface area contributed by atoms with Crippen molar-refractivity contribution < 1.29 is 9.46 Å². The van der Waals surface area contributed by atoms with Crippen molar-refractivity contribution in [1.29, 1.82) is 0 Å². The van der Waals surface area contributed by atoms with Gasteiger partial charge in [0.1, 0.15) is 0 Å². The van der Waals surface area contributed by atoms with Gasteiger partial charge in [-0.25, -0.2) is 6.99 Å². The summed E-state index contributed by atoms with van der Waals surface area (Å²) in [5.41, 5.74) is 0. The SMILES string of the molecule is CC[P-]P(p1[p-][pH]1)P(C)(=O)O. The molecule has 0 radical (unpaired) electrons. The van der Waals surface area contributed by atoms with Crippen LogP contribution in [0.1, 0.15) is 6.92 Å². The first-order valence-corrected chi connectivity index (χ1v) is 15.4. The molecule has 1 aromatic rings. The summed E-state index contributed by atoms with van der Waals surface area (Å²) in [6, 6.07) is 0. The third-order valence-electron chi connectivity index (χ3n) is 0.959. The summed E-state index contributed by atoms with van der Waals surface area (Å²) in [7, 11) is 1.07. The van der Waals surface area contributed by atoms with Crippen molar-refractivity contribution in [2.45, 2.75) is 6.92 Å². The van der Waals surface area contributed by atoms with E-state index in [1.165, 1.54) is 15.8 Å². The zero-order chi connectivity index (χ0) is 8.48. The molecule has 0 aromatic carbocycles. The van der Waals surface area contributed by atoms with Crippen LogP contribution in [0.15, 0.2) is 0 Å². The molecule has 0 saturated heterocycles. The Hall–Kier alpha value is 1.95. The third-order valence-corrected chi connectivity index (χ3v) is 37.3. The van der Waals surface area contributed by atoms with Gasteiger partial charge < -0.3 is 34.8 Å². The molecule has 4 atom stereocenters. The quantitative estimate of drug-likeness (QED) is 0.781. The van der Waals surface area contributed by atoms with Crippen LogP contribution in [0, 0.1) is 0 Å². The first-order valence-electron chi connectivity index (χ1n) is 3.10. The van der Waals surface area contributed by atoms with Gasteiger partial charge in [-0.2, -0.15) is 6.16 Å². The van der Waals surface area contributed by atoms with Gasteiger partial charge in [-0.1, -0.05) is 6.92 Å². The van der Waals surface area contributed by atoms with Crippen LogP contribution in [0.3, 0.4) is 0 Å². The number of hydrogen-bond acceptors (Lipinski definition) is 1. The van der Waals surface area contributed by atoms with Crippen molar-refractivity contribution in [2.75, 3.05) is 12.8 Å². The molecular formula is C3H10O2P6-2. The minimum Gasteiger partial charge on any atom is -0.503 e. The zero-order valence-corrected chi connectivity index (χ0v) is 11.8. The van der Waals surface area contributed by atoms with Crippen LogP contribution in [0.2, 0.25) is 0 Å². The number of hydrogen-bond donors (Lipinski definition) is 1. The highest BCUT2D eigenvalue weighted by molar-refractivity contribution is 9.00. The third kappa shape index (κ3) is 3.67. The standard InChI is InChI=1S/C3H10O2P6/c1-3-6-10(9-7-8-9)11(2,4)5/h7H,3H2,1-2H3,(H,4,5)/q-2. The average Bonchev–Trinajstić information content (AvgIpc) is 2.61. The van der Waals surface area contributed by atoms with E-state index in [4.69, 9.17) is 0 Å². The van der Waals surface area contributed by atoms with Gasteiger partial charge in [0, 0.05) is 6.66 Å². The maximum atomic E-state index is 11.4. The normalized spacial score (nSPS) is 24.1. The average molecular weight is 264 g/mol. The van der Waals surface area contributed by atoms with E-state index in [9.17, 15) is 9.46 Å². The minimum absolute atomic E-state index is 0.0315. The van der Waals surface area contributed by atoms with Gasteiger partial charge in [0.25, 0.3) is 0 Å². The van der Waals surface area contributed by atoms with E-state index in [-0.39, 0.29) is 6.58 Å². The predicted molar refractivity (Wildman–Crippen MR) is 62.3 cm³/mol. The highest BCUT2D eigenvalue weighted by atomic mass is 33.0. The highest BCUT2D eigenvalue weighted by Crippen LogP contribution is 3.02. The molecule has 0 aliphatic heterocycles. The first kappa shape index (κ1) is 11.0. The lowest BCUT2D eigenvalue weighted by Gasteiger charge is -2.35. The van der Waals surface area contributed by atoms with Gasteiger partial charge >= 0.3 is 0 Å². The van der Waals surface area contributed by atoms with Gasteiger partial charge in [-0.3, -0.25) is 4.57 Å². The molecule has 0 aliphatic rings. The first-order chi connectivity index (χ1) is 5.05. The van der Waals surface area contributed by atoms with E-state index in [0.29, 0.717) is 0 Å².